The molecule has 0 spiro atoms. The Bertz CT molecular complexity index is 1040. The van der Waals surface area contributed by atoms with Gasteiger partial charge in [0.15, 0.2) is 11.5 Å². The fraction of sp³-hybridized carbons (Fsp3) is 0.333. The fourth-order valence-electron chi connectivity index (χ4n) is 3.62. The summed E-state index contributed by atoms with van der Waals surface area (Å²) < 4.78 is 23.8. The Morgan fingerprint density at radius 3 is 2.28 bits per heavy atom. The van der Waals surface area contributed by atoms with Crippen molar-refractivity contribution in [2.24, 2.45) is 0 Å². The van der Waals surface area contributed by atoms with E-state index in [1.807, 2.05) is 4.90 Å². The van der Waals surface area contributed by atoms with Crippen LogP contribution in [0.1, 0.15) is 10.4 Å². The monoisotopic (exact) mass is 444 g/mol. The number of ether oxygens (including phenoxy) is 2. The normalized spacial score (nSPS) is 15.8. The molecular formula is C21H21FN4O6. The summed E-state index contributed by atoms with van der Waals surface area (Å²) in [5.41, 5.74) is 0.109. The molecule has 0 unspecified atom stereocenters. The Labute approximate surface area is 182 Å². The second kappa shape index (κ2) is 9.18. The van der Waals surface area contributed by atoms with Gasteiger partial charge >= 0.3 is 0 Å². The summed E-state index contributed by atoms with van der Waals surface area (Å²) in [5.74, 6) is -0.553. The number of amides is 2. The SMILES string of the molecule is O=C(CN1CCN(C(=O)c2cc3c(cc2[N+](=O)[O-])OCCO3)CC1)Nc1ccc(F)cc1. The van der Waals surface area contributed by atoms with Crippen LogP contribution in [-0.4, -0.2) is 72.5 Å². The lowest BCUT2D eigenvalue weighted by Gasteiger charge is -2.34. The van der Waals surface area contributed by atoms with Crippen molar-refractivity contribution in [3.05, 3.63) is 57.9 Å². The summed E-state index contributed by atoms with van der Waals surface area (Å²) in [6.45, 7) is 2.19. The van der Waals surface area contributed by atoms with Crippen LogP contribution in [0.4, 0.5) is 15.8 Å². The number of hydrogen-bond donors (Lipinski definition) is 1. The molecule has 1 saturated heterocycles. The number of benzene rings is 2. The number of fused-ring (bicyclic) bond motifs is 1. The Morgan fingerprint density at radius 2 is 1.66 bits per heavy atom. The number of hydrogen-bond acceptors (Lipinski definition) is 7. The van der Waals surface area contributed by atoms with Crippen LogP contribution in [-0.2, 0) is 4.79 Å². The molecule has 1 fully saturated rings. The highest BCUT2D eigenvalue weighted by molar-refractivity contribution is 5.99. The minimum Gasteiger partial charge on any atom is -0.486 e. The van der Waals surface area contributed by atoms with Gasteiger partial charge in [-0.2, -0.15) is 0 Å². The molecule has 168 valence electrons. The minimum atomic E-state index is -0.610. The lowest BCUT2D eigenvalue weighted by Crippen LogP contribution is -2.50. The average molecular weight is 444 g/mol. The predicted octanol–water partition coefficient (Wildman–Crippen LogP) is 1.90. The molecule has 2 amide bonds. The van der Waals surface area contributed by atoms with Gasteiger partial charge in [0.25, 0.3) is 11.6 Å². The summed E-state index contributed by atoms with van der Waals surface area (Å²) in [4.78, 5) is 39.5. The molecule has 0 aliphatic carbocycles. The van der Waals surface area contributed by atoms with Gasteiger partial charge in [-0.3, -0.25) is 24.6 Å². The molecule has 0 bridgehead atoms. The second-order valence-electron chi connectivity index (χ2n) is 7.39. The Kier molecular flexibility index (Phi) is 6.17. The molecule has 10 nitrogen and oxygen atoms in total. The Hall–Kier alpha value is -3.73. The molecule has 2 heterocycles. The summed E-state index contributed by atoms with van der Waals surface area (Å²) in [7, 11) is 0. The Balaban J connectivity index is 1.37. The van der Waals surface area contributed by atoms with E-state index in [0.717, 1.165) is 0 Å². The van der Waals surface area contributed by atoms with Crippen LogP contribution in [0.5, 0.6) is 11.5 Å². The number of anilines is 1. The van der Waals surface area contributed by atoms with E-state index in [0.29, 0.717) is 44.2 Å². The van der Waals surface area contributed by atoms with Crippen molar-refractivity contribution < 1.29 is 28.4 Å². The number of piperazine rings is 1. The van der Waals surface area contributed by atoms with E-state index >= 15 is 0 Å². The largest absolute Gasteiger partial charge is 0.486 e. The van der Waals surface area contributed by atoms with Crippen molar-refractivity contribution in [3.63, 3.8) is 0 Å². The maximum atomic E-state index is 13.0. The third-order valence-electron chi connectivity index (χ3n) is 5.24. The van der Waals surface area contributed by atoms with Crippen LogP contribution in [0, 0.1) is 15.9 Å². The topological polar surface area (TPSA) is 114 Å². The first-order chi connectivity index (χ1) is 15.4. The van der Waals surface area contributed by atoms with Gasteiger partial charge in [-0.15, -0.1) is 0 Å². The van der Waals surface area contributed by atoms with E-state index in [4.69, 9.17) is 9.47 Å². The maximum absolute atomic E-state index is 13.0. The zero-order chi connectivity index (χ0) is 22.7. The highest BCUT2D eigenvalue weighted by Gasteiger charge is 2.31. The first kappa shape index (κ1) is 21.5. The number of rotatable bonds is 5. The van der Waals surface area contributed by atoms with Crippen molar-refractivity contribution >= 4 is 23.2 Å². The maximum Gasteiger partial charge on any atom is 0.286 e. The molecular weight excluding hydrogens is 423 g/mol. The van der Waals surface area contributed by atoms with Gasteiger partial charge in [0.1, 0.15) is 24.6 Å². The molecule has 2 aromatic rings. The van der Waals surface area contributed by atoms with E-state index in [2.05, 4.69) is 5.32 Å². The number of nitro groups is 1. The van der Waals surface area contributed by atoms with E-state index in [-0.39, 0.29) is 41.9 Å². The number of carbonyl (C=O) groups excluding carboxylic acids is 2. The molecule has 0 aromatic heterocycles. The smallest absolute Gasteiger partial charge is 0.286 e. The Morgan fingerprint density at radius 1 is 1.03 bits per heavy atom. The molecule has 2 aromatic carbocycles. The molecule has 0 atom stereocenters. The highest BCUT2D eigenvalue weighted by Crippen LogP contribution is 2.37. The van der Waals surface area contributed by atoms with Crippen LogP contribution < -0.4 is 14.8 Å². The highest BCUT2D eigenvalue weighted by atomic mass is 19.1. The van der Waals surface area contributed by atoms with Gasteiger partial charge in [0, 0.05) is 37.9 Å². The van der Waals surface area contributed by atoms with Gasteiger partial charge in [-0.05, 0) is 24.3 Å². The number of nitro benzene ring substituents is 1. The average Bonchev–Trinajstić information content (AvgIpc) is 2.79. The van der Waals surface area contributed by atoms with Gasteiger partial charge in [0.2, 0.25) is 5.91 Å². The number of nitrogens with one attached hydrogen (secondary N) is 1. The quantitative estimate of drug-likeness (QED) is 0.553. The first-order valence-electron chi connectivity index (χ1n) is 10.1. The molecule has 2 aliphatic heterocycles. The molecule has 11 heteroatoms. The van der Waals surface area contributed by atoms with E-state index < -0.39 is 10.8 Å². The third kappa shape index (κ3) is 4.78. The van der Waals surface area contributed by atoms with Crippen molar-refractivity contribution in [2.75, 3.05) is 51.3 Å². The lowest BCUT2D eigenvalue weighted by molar-refractivity contribution is -0.385. The molecule has 2 aliphatic rings. The number of nitrogens with zero attached hydrogens (tertiary/aromatic N) is 3. The van der Waals surface area contributed by atoms with Crippen LogP contribution in [0.15, 0.2) is 36.4 Å². The summed E-state index contributed by atoms with van der Waals surface area (Å²) in [6, 6.07) is 8.05. The third-order valence-corrected chi connectivity index (χ3v) is 5.24. The summed E-state index contributed by atoms with van der Waals surface area (Å²) >= 11 is 0. The van der Waals surface area contributed by atoms with Gasteiger partial charge in [-0.25, -0.2) is 4.39 Å². The van der Waals surface area contributed by atoms with Crippen LogP contribution in [0.25, 0.3) is 0 Å². The van der Waals surface area contributed by atoms with Crippen LogP contribution in [0.3, 0.4) is 0 Å². The van der Waals surface area contributed by atoms with Gasteiger partial charge < -0.3 is 19.7 Å². The standard InChI is InChI=1S/C21H21FN4O6/c22-14-1-3-15(4-2-14)23-20(27)13-24-5-7-25(8-6-24)21(28)16-11-18-19(32-10-9-31-18)12-17(16)26(29)30/h1-4,11-12H,5-10,13H2,(H,23,27). The van der Waals surface area contributed by atoms with E-state index in [9.17, 15) is 24.1 Å². The molecule has 32 heavy (non-hydrogen) atoms. The molecule has 0 saturated carbocycles. The van der Waals surface area contributed by atoms with Gasteiger partial charge in [-0.1, -0.05) is 0 Å². The summed E-state index contributed by atoms with van der Waals surface area (Å²) in [6.07, 6.45) is 0. The first-order valence-corrected chi connectivity index (χ1v) is 10.1. The molecule has 0 radical (unpaired) electrons. The number of carbonyl (C=O) groups is 2. The second-order valence-corrected chi connectivity index (χ2v) is 7.39. The summed E-state index contributed by atoms with van der Waals surface area (Å²) in [5, 5.41) is 14.2. The van der Waals surface area contributed by atoms with Crippen molar-refractivity contribution in [1.82, 2.24) is 9.80 Å². The van der Waals surface area contributed by atoms with Gasteiger partial charge in [0.05, 0.1) is 17.5 Å². The zero-order valence-electron chi connectivity index (χ0n) is 17.1. The van der Waals surface area contributed by atoms with Crippen LogP contribution in [0.2, 0.25) is 0 Å². The minimum absolute atomic E-state index is 0.0539. The fourth-order valence-corrected chi connectivity index (χ4v) is 3.62. The predicted molar refractivity (Wildman–Crippen MR) is 111 cm³/mol. The van der Waals surface area contributed by atoms with E-state index in [1.54, 1.807) is 0 Å². The van der Waals surface area contributed by atoms with E-state index in [1.165, 1.54) is 41.3 Å². The van der Waals surface area contributed by atoms with Crippen molar-refractivity contribution in [1.29, 1.82) is 0 Å². The van der Waals surface area contributed by atoms with Crippen molar-refractivity contribution in [3.8, 4) is 11.5 Å². The number of halogens is 1. The van der Waals surface area contributed by atoms with Crippen molar-refractivity contribution in [2.45, 2.75) is 0 Å². The molecule has 4 rings (SSSR count). The zero-order valence-corrected chi connectivity index (χ0v) is 17.1. The van der Waals surface area contributed by atoms with Crippen LogP contribution >= 0.6 is 0 Å². The lowest BCUT2D eigenvalue weighted by atomic mass is 10.1. The molecule has 1 N–H and O–H groups in total.